The summed E-state index contributed by atoms with van der Waals surface area (Å²) in [4.78, 5) is 16.7. The van der Waals surface area contributed by atoms with E-state index in [1.165, 1.54) is 6.07 Å². The second-order valence-electron chi connectivity index (χ2n) is 4.63. The zero-order valence-corrected chi connectivity index (χ0v) is 12.3. The average molecular weight is 340 g/mol. The van der Waals surface area contributed by atoms with E-state index in [4.69, 9.17) is 5.26 Å². The third kappa shape index (κ3) is 3.65. The SMILES string of the molecule is N#CCN1CCC(Nc2ncc(Br)cc2[N+](=O)[O-])CC1. The Morgan fingerprint density at radius 1 is 1.60 bits per heavy atom. The lowest BCUT2D eigenvalue weighted by Gasteiger charge is -2.30. The Balaban J connectivity index is 2.01. The van der Waals surface area contributed by atoms with Crippen molar-refractivity contribution in [3.05, 3.63) is 26.9 Å². The van der Waals surface area contributed by atoms with Crippen molar-refractivity contribution in [1.29, 1.82) is 5.26 Å². The number of hydrogen-bond donors (Lipinski definition) is 1. The molecule has 0 radical (unpaired) electrons. The van der Waals surface area contributed by atoms with Gasteiger partial charge in [-0.2, -0.15) is 5.26 Å². The number of piperidine rings is 1. The minimum Gasteiger partial charge on any atom is -0.362 e. The normalized spacial score (nSPS) is 16.6. The van der Waals surface area contributed by atoms with Gasteiger partial charge in [0.2, 0.25) is 5.82 Å². The van der Waals surface area contributed by atoms with E-state index < -0.39 is 4.92 Å². The first kappa shape index (κ1) is 14.7. The van der Waals surface area contributed by atoms with Gasteiger partial charge in [0.05, 0.1) is 17.5 Å². The molecular weight excluding hydrogens is 326 g/mol. The van der Waals surface area contributed by atoms with E-state index in [0.29, 0.717) is 16.8 Å². The van der Waals surface area contributed by atoms with Crippen molar-refractivity contribution in [2.45, 2.75) is 18.9 Å². The van der Waals surface area contributed by atoms with Crippen LogP contribution in [-0.2, 0) is 0 Å². The summed E-state index contributed by atoms with van der Waals surface area (Å²) in [6.45, 7) is 2.06. The van der Waals surface area contributed by atoms with E-state index in [-0.39, 0.29) is 11.7 Å². The molecular formula is C12H14BrN5O2. The summed E-state index contributed by atoms with van der Waals surface area (Å²) in [5.41, 5.74) is -0.0289. The predicted molar refractivity (Wildman–Crippen MR) is 77.3 cm³/mol. The van der Waals surface area contributed by atoms with Crippen LogP contribution in [0.15, 0.2) is 16.7 Å². The summed E-state index contributed by atoms with van der Waals surface area (Å²) < 4.78 is 0.582. The molecule has 1 N–H and O–H groups in total. The molecule has 0 amide bonds. The Morgan fingerprint density at radius 2 is 2.30 bits per heavy atom. The average Bonchev–Trinajstić information content (AvgIpc) is 2.43. The number of likely N-dealkylation sites (tertiary alicyclic amines) is 1. The van der Waals surface area contributed by atoms with Crippen molar-refractivity contribution in [1.82, 2.24) is 9.88 Å². The van der Waals surface area contributed by atoms with Gasteiger partial charge in [-0.3, -0.25) is 15.0 Å². The van der Waals surface area contributed by atoms with Crippen molar-refractivity contribution < 1.29 is 4.92 Å². The zero-order chi connectivity index (χ0) is 14.5. The molecule has 7 nitrogen and oxygen atoms in total. The summed E-state index contributed by atoms with van der Waals surface area (Å²) in [7, 11) is 0. The highest BCUT2D eigenvalue weighted by Gasteiger charge is 2.23. The summed E-state index contributed by atoms with van der Waals surface area (Å²) in [6, 6.07) is 3.73. The maximum absolute atomic E-state index is 11.0. The van der Waals surface area contributed by atoms with Crippen LogP contribution >= 0.6 is 15.9 Å². The second kappa shape index (κ2) is 6.63. The van der Waals surface area contributed by atoms with E-state index in [1.54, 1.807) is 6.20 Å². The highest BCUT2D eigenvalue weighted by atomic mass is 79.9. The van der Waals surface area contributed by atoms with Gasteiger partial charge >= 0.3 is 5.69 Å². The van der Waals surface area contributed by atoms with Crippen molar-refractivity contribution in [2.24, 2.45) is 0 Å². The molecule has 0 aromatic carbocycles. The molecule has 1 aliphatic rings. The largest absolute Gasteiger partial charge is 0.362 e. The number of nitrogens with one attached hydrogen (secondary N) is 1. The number of anilines is 1. The molecule has 20 heavy (non-hydrogen) atoms. The monoisotopic (exact) mass is 339 g/mol. The summed E-state index contributed by atoms with van der Waals surface area (Å²) >= 11 is 3.18. The van der Waals surface area contributed by atoms with E-state index in [9.17, 15) is 10.1 Å². The number of halogens is 1. The third-order valence-corrected chi connectivity index (χ3v) is 3.69. The Hall–Kier alpha value is -1.72. The fourth-order valence-electron chi connectivity index (χ4n) is 2.21. The molecule has 0 unspecified atom stereocenters. The molecule has 1 saturated heterocycles. The van der Waals surface area contributed by atoms with Gasteiger partial charge < -0.3 is 5.32 Å². The van der Waals surface area contributed by atoms with Crippen LogP contribution in [0.5, 0.6) is 0 Å². The van der Waals surface area contributed by atoms with Gasteiger partial charge in [-0.15, -0.1) is 0 Å². The quantitative estimate of drug-likeness (QED) is 0.513. The molecule has 1 aliphatic heterocycles. The topological polar surface area (TPSA) is 95.1 Å². The molecule has 1 aromatic rings. The lowest BCUT2D eigenvalue weighted by atomic mass is 10.1. The van der Waals surface area contributed by atoms with Crippen LogP contribution in [-0.4, -0.2) is 40.5 Å². The van der Waals surface area contributed by atoms with Crippen LogP contribution in [0.2, 0.25) is 0 Å². The van der Waals surface area contributed by atoms with Crippen molar-refractivity contribution in [3.8, 4) is 6.07 Å². The molecule has 0 aliphatic carbocycles. The van der Waals surface area contributed by atoms with Crippen LogP contribution in [0.25, 0.3) is 0 Å². The minimum absolute atomic E-state index is 0.0289. The molecule has 0 bridgehead atoms. The fraction of sp³-hybridized carbons (Fsp3) is 0.500. The molecule has 1 aromatic heterocycles. The Labute approximate surface area is 124 Å². The van der Waals surface area contributed by atoms with Gasteiger partial charge in [-0.25, -0.2) is 4.98 Å². The predicted octanol–water partition coefficient (Wildman–Crippen LogP) is 2.15. The van der Waals surface area contributed by atoms with Gasteiger partial charge in [0.1, 0.15) is 0 Å². The van der Waals surface area contributed by atoms with E-state index in [0.717, 1.165) is 25.9 Å². The number of pyridine rings is 1. The lowest BCUT2D eigenvalue weighted by molar-refractivity contribution is -0.384. The number of aromatic nitrogens is 1. The van der Waals surface area contributed by atoms with E-state index >= 15 is 0 Å². The number of rotatable bonds is 4. The molecule has 0 spiro atoms. The van der Waals surface area contributed by atoms with Gasteiger partial charge in [0.25, 0.3) is 0 Å². The van der Waals surface area contributed by atoms with Crippen LogP contribution in [0, 0.1) is 21.4 Å². The summed E-state index contributed by atoms with van der Waals surface area (Å²) in [6.07, 6.45) is 3.23. The Kier molecular flexibility index (Phi) is 4.87. The van der Waals surface area contributed by atoms with Crippen LogP contribution in [0.3, 0.4) is 0 Å². The lowest BCUT2D eigenvalue weighted by Crippen LogP contribution is -2.39. The smallest absolute Gasteiger partial charge is 0.312 e. The molecule has 1 fully saturated rings. The highest BCUT2D eigenvalue weighted by Crippen LogP contribution is 2.27. The highest BCUT2D eigenvalue weighted by molar-refractivity contribution is 9.10. The molecule has 0 atom stereocenters. The third-order valence-electron chi connectivity index (χ3n) is 3.25. The molecule has 106 valence electrons. The van der Waals surface area contributed by atoms with Crippen LogP contribution < -0.4 is 5.32 Å². The first-order chi connectivity index (χ1) is 9.60. The fourth-order valence-corrected chi connectivity index (χ4v) is 2.53. The number of hydrogen-bond acceptors (Lipinski definition) is 6. The van der Waals surface area contributed by atoms with Gasteiger partial charge in [-0.1, -0.05) is 0 Å². The second-order valence-corrected chi connectivity index (χ2v) is 5.55. The maximum atomic E-state index is 11.0. The standard InChI is InChI=1S/C12H14BrN5O2/c13-9-7-11(18(19)20)12(15-8-9)16-10-1-4-17(5-2-10)6-3-14/h7-8,10H,1-2,4-6H2,(H,15,16). The molecule has 2 heterocycles. The number of nitro groups is 1. The van der Waals surface area contributed by atoms with E-state index in [2.05, 4.69) is 37.2 Å². The van der Waals surface area contributed by atoms with Crippen molar-refractivity contribution in [2.75, 3.05) is 25.0 Å². The van der Waals surface area contributed by atoms with Crippen molar-refractivity contribution in [3.63, 3.8) is 0 Å². The Bertz CT molecular complexity index is 537. The van der Waals surface area contributed by atoms with E-state index in [1.807, 2.05) is 0 Å². The Morgan fingerprint density at radius 3 is 2.90 bits per heavy atom. The van der Waals surface area contributed by atoms with Crippen LogP contribution in [0.1, 0.15) is 12.8 Å². The summed E-state index contributed by atoms with van der Waals surface area (Å²) in [5.74, 6) is 0.303. The number of nitriles is 1. The van der Waals surface area contributed by atoms with Gasteiger partial charge in [0.15, 0.2) is 0 Å². The van der Waals surface area contributed by atoms with Gasteiger partial charge in [0, 0.05) is 35.9 Å². The molecule has 2 rings (SSSR count). The molecule has 8 heteroatoms. The molecule has 0 saturated carbocycles. The van der Waals surface area contributed by atoms with Gasteiger partial charge in [-0.05, 0) is 28.8 Å². The number of nitrogens with zero attached hydrogens (tertiary/aromatic N) is 4. The minimum atomic E-state index is -0.440. The van der Waals surface area contributed by atoms with Crippen molar-refractivity contribution >= 4 is 27.4 Å². The maximum Gasteiger partial charge on any atom is 0.312 e. The first-order valence-corrected chi connectivity index (χ1v) is 7.05. The zero-order valence-electron chi connectivity index (χ0n) is 10.8. The first-order valence-electron chi connectivity index (χ1n) is 6.26. The van der Waals surface area contributed by atoms with Crippen LogP contribution in [0.4, 0.5) is 11.5 Å². The summed E-state index contributed by atoms with van der Waals surface area (Å²) in [5, 5.41) is 22.8.